The van der Waals surface area contributed by atoms with Crippen molar-refractivity contribution in [1.82, 2.24) is 0 Å². The lowest BCUT2D eigenvalue weighted by atomic mass is 10.0. The van der Waals surface area contributed by atoms with E-state index in [4.69, 9.17) is 16.0 Å². The lowest BCUT2D eigenvalue weighted by Gasteiger charge is -2.10. The van der Waals surface area contributed by atoms with Crippen LogP contribution in [0.1, 0.15) is 23.0 Å². The van der Waals surface area contributed by atoms with Crippen LogP contribution in [0.5, 0.6) is 0 Å². The molecular formula is C13H12ClFO2. The average Bonchev–Trinajstić information content (AvgIpc) is 2.70. The molecule has 0 fully saturated rings. The number of hydrogen-bond acceptors (Lipinski definition) is 2. The zero-order valence-corrected chi connectivity index (χ0v) is 10.0. The Morgan fingerprint density at radius 2 is 2.18 bits per heavy atom. The molecule has 0 saturated carbocycles. The Morgan fingerprint density at radius 1 is 1.41 bits per heavy atom. The molecule has 0 spiro atoms. The summed E-state index contributed by atoms with van der Waals surface area (Å²) in [6.45, 7) is 1.84. The zero-order chi connectivity index (χ0) is 12.4. The van der Waals surface area contributed by atoms with Crippen molar-refractivity contribution in [1.29, 1.82) is 0 Å². The molecular weight excluding hydrogens is 243 g/mol. The van der Waals surface area contributed by atoms with E-state index in [1.54, 1.807) is 6.07 Å². The number of furan rings is 1. The summed E-state index contributed by atoms with van der Waals surface area (Å²) < 4.78 is 18.2. The van der Waals surface area contributed by atoms with Crippen LogP contribution in [0.3, 0.4) is 0 Å². The fourth-order valence-corrected chi connectivity index (χ4v) is 1.92. The summed E-state index contributed by atoms with van der Waals surface area (Å²) in [5, 5.41) is 10.4. The van der Waals surface area contributed by atoms with Gasteiger partial charge in [0.1, 0.15) is 17.7 Å². The van der Waals surface area contributed by atoms with Crippen LogP contribution in [0.2, 0.25) is 5.02 Å². The highest BCUT2D eigenvalue weighted by Crippen LogP contribution is 2.26. The molecule has 2 rings (SSSR count). The summed E-state index contributed by atoms with van der Waals surface area (Å²) in [5.41, 5.74) is 1.43. The number of aryl methyl sites for hydroxylation is 1. The molecule has 0 aliphatic heterocycles. The molecule has 1 unspecified atom stereocenters. The maximum atomic E-state index is 13.1. The van der Waals surface area contributed by atoms with E-state index in [1.165, 1.54) is 24.5 Å². The van der Waals surface area contributed by atoms with E-state index >= 15 is 0 Å². The highest BCUT2D eigenvalue weighted by molar-refractivity contribution is 6.31. The van der Waals surface area contributed by atoms with E-state index in [9.17, 15) is 9.50 Å². The zero-order valence-electron chi connectivity index (χ0n) is 9.28. The van der Waals surface area contributed by atoms with E-state index in [0.717, 1.165) is 5.56 Å². The molecule has 0 amide bonds. The molecule has 1 heterocycles. The normalized spacial score (nSPS) is 12.7. The average molecular weight is 255 g/mol. The summed E-state index contributed by atoms with van der Waals surface area (Å²) in [5.74, 6) is 0.123. The molecule has 0 saturated heterocycles. The standard InChI is InChI=1S/C13H12ClFO2/c1-8-4-5-17-13(8)12(16)7-9-6-10(15)2-3-11(9)14/h2-6,12,16H,7H2,1H3. The minimum Gasteiger partial charge on any atom is -0.466 e. The van der Waals surface area contributed by atoms with Crippen molar-refractivity contribution in [3.05, 3.63) is 58.3 Å². The number of halogens is 2. The third kappa shape index (κ3) is 2.68. The highest BCUT2D eigenvalue weighted by atomic mass is 35.5. The number of aliphatic hydroxyl groups excluding tert-OH is 1. The fraction of sp³-hybridized carbons (Fsp3) is 0.231. The summed E-state index contributed by atoms with van der Waals surface area (Å²) in [6, 6.07) is 5.86. The predicted molar refractivity (Wildman–Crippen MR) is 63.5 cm³/mol. The highest BCUT2D eigenvalue weighted by Gasteiger charge is 2.16. The van der Waals surface area contributed by atoms with Crippen LogP contribution in [0, 0.1) is 12.7 Å². The first kappa shape index (κ1) is 12.1. The van der Waals surface area contributed by atoms with E-state index < -0.39 is 6.10 Å². The van der Waals surface area contributed by atoms with Gasteiger partial charge in [-0.05, 0) is 42.3 Å². The van der Waals surface area contributed by atoms with Crippen LogP contribution in [0.15, 0.2) is 34.9 Å². The fourth-order valence-electron chi connectivity index (χ4n) is 1.73. The largest absolute Gasteiger partial charge is 0.466 e. The molecule has 4 heteroatoms. The van der Waals surface area contributed by atoms with E-state index in [2.05, 4.69) is 0 Å². The Labute approximate surface area is 104 Å². The third-order valence-electron chi connectivity index (χ3n) is 2.63. The van der Waals surface area contributed by atoms with Crippen LogP contribution in [0.4, 0.5) is 4.39 Å². The second kappa shape index (κ2) is 4.90. The first-order valence-corrected chi connectivity index (χ1v) is 5.61. The van der Waals surface area contributed by atoms with Gasteiger partial charge in [-0.3, -0.25) is 0 Å². The maximum Gasteiger partial charge on any atom is 0.135 e. The monoisotopic (exact) mass is 254 g/mol. The first-order valence-electron chi connectivity index (χ1n) is 5.24. The topological polar surface area (TPSA) is 33.4 Å². The van der Waals surface area contributed by atoms with Gasteiger partial charge in [0.05, 0.1) is 6.26 Å². The first-order chi connectivity index (χ1) is 8.08. The van der Waals surface area contributed by atoms with Crippen molar-refractivity contribution in [2.24, 2.45) is 0 Å². The summed E-state index contributed by atoms with van der Waals surface area (Å²) >= 11 is 5.93. The molecule has 1 N–H and O–H groups in total. The minimum absolute atomic E-state index is 0.227. The second-order valence-electron chi connectivity index (χ2n) is 3.92. The predicted octanol–water partition coefficient (Wildman–Crippen LogP) is 3.66. The Hall–Kier alpha value is -1.32. The van der Waals surface area contributed by atoms with Gasteiger partial charge in [-0.1, -0.05) is 11.6 Å². The molecule has 2 nitrogen and oxygen atoms in total. The van der Waals surface area contributed by atoms with Gasteiger partial charge in [-0.15, -0.1) is 0 Å². The molecule has 1 aromatic heterocycles. The second-order valence-corrected chi connectivity index (χ2v) is 4.33. The van der Waals surface area contributed by atoms with Crippen LogP contribution in [-0.4, -0.2) is 5.11 Å². The third-order valence-corrected chi connectivity index (χ3v) is 2.99. The molecule has 2 aromatic rings. The van der Waals surface area contributed by atoms with Crippen LogP contribution in [0.25, 0.3) is 0 Å². The smallest absolute Gasteiger partial charge is 0.135 e. The van der Waals surface area contributed by atoms with E-state index in [1.807, 2.05) is 6.92 Å². The van der Waals surface area contributed by atoms with Crippen molar-refractivity contribution >= 4 is 11.6 Å². The van der Waals surface area contributed by atoms with Crippen LogP contribution >= 0.6 is 11.6 Å². The minimum atomic E-state index is -0.815. The lowest BCUT2D eigenvalue weighted by Crippen LogP contribution is -2.03. The summed E-state index contributed by atoms with van der Waals surface area (Å²) in [4.78, 5) is 0. The molecule has 1 atom stereocenters. The number of rotatable bonds is 3. The molecule has 0 bridgehead atoms. The Morgan fingerprint density at radius 3 is 2.82 bits per heavy atom. The van der Waals surface area contributed by atoms with Gasteiger partial charge in [0.25, 0.3) is 0 Å². The van der Waals surface area contributed by atoms with E-state index in [0.29, 0.717) is 16.3 Å². The van der Waals surface area contributed by atoms with Crippen molar-refractivity contribution in [2.45, 2.75) is 19.4 Å². The Balaban J connectivity index is 2.21. The van der Waals surface area contributed by atoms with Gasteiger partial charge < -0.3 is 9.52 Å². The molecule has 90 valence electrons. The molecule has 17 heavy (non-hydrogen) atoms. The van der Waals surface area contributed by atoms with Crippen molar-refractivity contribution in [2.75, 3.05) is 0 Å². The van der Waals surface area contributed by atoms with Crippen molar-refractivity contribution in [3.63, 3.8) is 0 Å². The number of aliphatic hydroxyl groups is 1. The lowest BCUT2D eigenvalue weighted by molar-refractivity contribution is 0.149. The van der Waals surface area contributed by atoms with Gasteiger partial charge in [-0.2, -0.15) is 0 Å². The Bertz CT molecular complexity index is 522. The SMILES string of the molecule is Cc1ccoc1C(O)Cc1cc(F)ccc1Cl. The van der Waals surface area contributed by atoms with Crippen molar-refractivity contribution in [3.8, 4) is 0 Å². The molecule has 0 radical (unpaired) electrons. The quantitative estimate of drug-likeness (QED) is 0.907. The molecule has 0 aliphatic carbocycles. The van der Waals surface area contributed by atoms with Gasteiger partial charge >= 0.3 is 0 Å². The van der Waals surface area contributed by atoms with Gasteiger partial charge in [0.15, 0.2) is 0 Å². The molecule has 0 aliphatic rings. The van der Waals surface area contributed by atoms with E-state index in [-0.39, 0.29) is 12.2 Å². The van der Waals surface area contributed by atoms with Crippen molar-refractivity contribution < 1.29 is 13.9 Å². The number of hydrogen-bond donors (Lipinski definition) is 1. The maximum absolute atomic E-state index is 13.1. The van der Waals surface area contributed by atoms with Gasteiger partial charge in [0, 0.05) is 11.4 Å². The van der Waals surface area contributed by atoms with Crippen LogP contribution in [-0.2, 0) is 6.42 Å². The summed E-state index contributed by atoms with van der Waals surface area (Å²) in [7, 11) is 0. The number of benzene rings is 1. The Kier molecular flexibility index (Phi) is 3.50. The van der Waals surface area contributed by atoms with Crippen LogP contribution < -0.4 is 0 Å². The van der Waals surface area contributed by atoms with Gasteiger partial charge in [0.2, 0.25) is 0 Å². The molecule has 1 aromatic carbocycles. The summed E-state index contributed by atoms with van der Waals surface area (Å²) in [6.07, 6.45) is 0.927. The van der Waals surface area contributed by atoms with Gasteiger partial charge in [-0.25, -0.2) is 4.39 Å².